The van der Waals surface area contributed by atoms with E-state index in [-0.39, 0.29) is 18.2 Å². The van der Waals surface area contributed by atoms with Crippen LogP contribution in [0.2, 0.25) is 0 Å². The number of aliphatic hydroxyl groups is 1. The maximum Gasteiger partial charge on any atom is 0.244 e. The van der Waals surface area contributed by atoms with Crippen molar-refractivity contribution in [3.63, 3.8) is 0 Å². The Balaban J connectivity index is 2.45. The number of hydrogen-bond acceptors (Lipinski definition) is 3. The van der Waals surface area contributed by atoms with E-state index in [1.165, 1.54) is 6.08 Å². The van der Waals surface area contributed by atoms with Gasteiger partial charge in [-0.1, -0.05) is 25.5 Å². The highest BCUT2D eigenvalue weighted by Gasteiger charge is 2.18. The molecule has 3 N–H and O–H groups in total. The molecule has 19 heavy (non-hydrogen) atoms. The van der Waals surface area contributed by atoms with Crippen LogP contribution in [0.3, 0.4) is 0 Å². The third-order valence-electron chi connectivity index (χ3n) is 2.75. The molecule has 0 bridgehead atoms. The highest BCUT2D eigenvalue weighted by molar-refractivity contribution is 5.91. The molecule has 0 aromatic heterocycles. The van der Waals surface area contributed by atoms with Crippen LogP contribution in [0.25, 0.3) is 6.08 Å². The standard InChI is InChI=1S/C15H21NO3/c1-3-10-15(2,19)11-16-14(18)9-6-12-4-7-13(17)8-5-12/h4-9,17,19H,3,10-11H2,1-2H3,(H,16,18)/b9-6+. The zero-order valence-corrected chi connectivity index (χ0v) is 11.4. The molecular formula is C15H21NO3. The van der Waals surface area contributed by atoms with Crippen LogP contribution in [0.1, 0.15) is 32.3 Å². The smallest absolute Gasteiger partial charge is 0.244 e. The van der Waals surface area contributed by atoms with Crippen LogP contribution < -0.4 is 5.32 Å². The molecule has 1 rings (SSSR count). The fourth-order valence-corrected chi connectivity index (χ4v) is 1.72. The molecule has 0 fully saturated rings. The van der Waals surface area contributed by atoms with E-state index in [1.807, 2.05) is 6.92 Å². The minimum atomic E-state index is -0.864. The Kier molecular flexibility index (Phi) is 5.57. The number of hydrogen-bond donors (Lipinski definition) is 3. The first-order chi connectivity index (χ1) is 8.93. The fourth-order valence-electron chi connectivity index (χ4n) is 1.72. The van der Waals surface area contributed by atoms with Gasteiger partial charge < -0.3 is 15.5 Å². The first-order valence-corrected chi connectivity index (χ1v) is 6.40. The molecule has 0 aliphatic carbocycles. The lowest BCUT2D eigenvalue weighted by molar-refractivity contribution is -0.117. The molecule has 1 amide bonds. The second-order valence-corrected chi connectivity index (χ2v) is 4.89. The van der Waals surface area contributed by atoms with Crippen LogP contribution in [0.4, 0.5) is 0 Å². The van der Waals surface area contributed by atoms with E-state index < -0.39 is 5.60 Å². The van der Waals surface area contributed by atoms with Crippen LogP contribution in [0.5, 0.6) is 5.75 Å². The van der Waals surface area contributed by atoms with Gasteiger partial charge in [-0.2, -0.15) is 0 Å². The van der Waals surface area contributed by atoms with Gasteiger partial charge in [-0.25, -0.2) is 0 Å². The molecule has 0 saturated heterocycles. The van der Waals surface area contributed by atoms with E-state index in [9.17, 15) is 9.90 Å². The minimum absolute atomic E-state index is 0.192. The second-order valence-electron chi connectivity index (χ2n) is 4.89. The van der Waals surface area contributed by atoms with Gasteiger partial charge >= 0.3 is 0 Å². The van der Waals surface area contributed by atoms with Crippen LogP contribution >= 0.6 is 0 Å². The first-order valence-electron chi connectivity index (χ1n) is 6.40. The number of phenolic OH excluding ortho intramolecular Hbond substituents is 1. The lowest BCUT2D eigenvalue weighted by atomic mass is 10.0. The van der Waals surface area contributed by atoms with Crippen molar-refractivity contribution < 1.29 is 15.0 Å². The summed E-state index contributed by atoms with van der Waals surface area (Å²) in [7, 11) is 0. The number of rotatable bonds is 6. The van der Waals surface area contributed by atoms with Gasteiger partial charge in [0.05, 0.1) is 5.60 Å². The molecule has 0 spiro atoms. The molecule has 1 aromatic carbocycles. The van der Waals surface area contributed by atoms with E-state index in [2.05, 4.69) is 5.32 Å². The molecule has 1 atom stereocenters. The largest absolute Gasteiger partial charge is 0.508 e. The number of benzene rings is 1. The van der Waals surface area contributed by atoms with Gasteiger partial charge in [-0.3, -0.25) is 4.79 Å². The SMILES string of the molecule is CCCC(C)(O)CNC(=O)/C=C/c1ccc(O)cc1. The van der Waals surface area contributed by atoms with E-state index >= 15 is 0 Å². The van der Waals surface area contributed by atoms with Crippen LogP contribution in [-0.2, 0) is 4.79 Å². The summed E-state index contributed by atoms with van der Waals surface area (Å²) in [4.78, 5) is 11.6. The number of carbonyl (C=O) groups is 1. The van der Waals surface area contributed by atoms with Gasteiger partial charge in [-0.05, 0) is 37.1 Å². The molecule has 0 radical (unpaired) electrons. The summed E-state index contributed by atoms with van der Waals surface area (Å²) >= 11 is 0. The zero-order chi connectivity index (χ0) is 14.3. The number of aromatic hydroxyl groups is 1. The van der Waals surface area contributed by atoms with Gasteiger partial charge in [0.15, 0.2) is 0 Å². The molecule has 0 aliphatic heterocycles. The Hall–Kier alpha value is -1.81. The van der Waals surface area contributed by atoms with Crippen molar-refractivity contribution in [3.8, 4) is 5.75 Å². The van der Waals surface area contributed by atoms with Gasteiger partial charge in [-0.15, -0.1) is 0 Å². The van der Waals surface area contributed by atoms with Gasteiger partial charge in [0.1, 0.15) is 5.75 Å². The summed E-state index contributed by atoms with van der Waals surface area (Å²) in [6, 6.07) is 6.55. The molecule has 1 unspecified atom stereocenters. The molecule has 4 heteroatoms. The van der Waals surface area contributed by atoms with E-state index in [0.717, 1.165) is 12.0 Å². The quantitative estimate of drug-likeness (QED) is 0.688. The molecule has 0 heterocycles. The molecule has 104 valence electrons. The van der Waals surface area contributed by atoms with Crippen molar-refractivity contribution in [2.45, 2.75) is 32.3 Å². The van der Waals surface area contributed by atoms with Crippen LogP contribution in [0.15, 0.2) is 30.3 Å². The predicted octanol–water partition coefficient (Wildman–Crippen LogP) is 2.07. The highest BCUT2D eigenvalue weighted by Crippen LogP contribution is 2.11. The third kappa shape index (κ3) is 6.06. The maximum absolute atomic E-state index is 11.6. The zero-order valence-electron chi connectivity index (χ0n) is 11.4. The van der Waals surface area contributed by atoms with Crippen molar-refractivity contribution >= 4 is 12.0 Å². The topological polar surface area (TPSA) is 69.6 Å². The Bertz CT molecular complexity index is 435. The molecule has 4 nitrogen and oxygen atoms in total. The normalized spacial score (nSPS) is 14.3. The summed E-state index contributed by atoms with van der Waals surface area (Å²) < 4.78 is 0. The number of phenols is 1. The second kappa shape index (κ2) is 6.95. The van der Waals surface area contributed by atoms with Gasteiger partial charge in [0.25, 0.3) is 0 Å². The average molecular weight is 263 g/mol. The van der Waals surface area contributed by atoms with Crippen molar-refractivity contribution in [1.82, 2.24) is 5.32 Å². The summed E-state index contributed by atoms with van der Waals surface area (Å²) in [6.07, 6.45) is 4.58. The van der Waals surface area contributed by atoms with Crippen LogP contribution in [0, 0.1) is 0 Å². The minimum Gasteiger partial charge on any atom is -0.508 e. The summed E-state index contributed by atoms with van der Waals surface area (Å²) in [5.41, 5.74) is -0.0372. The van der Waals surface area contributed by atoms with Gasteiger partial charge in [0.2, 0.25) is 5.91 Å². The Morgan fingerprint density at radius 2 is 2.00 bits per heavy atom. The average Bonchev–Trinajstić information content (AvgIpc) is 2.36. The van der Waals surface area contributed by atoms with Crippen molar-refractivity contribution in [2.24, 2.45) is 0 Å². The maximum atomic E-state index is 11.6. The molecular weight excluding hydrogens is 242 g/mol. The highest BCUT2D eigenvalue weighted by atomic mass is 16.3. The van der Waals surface area contributed by atoms with Gasteiger partial charge in [0, 0.05) is 12.6 Å². The van der Waals surface area contributed by atoms with Crippen molar-refractivity contribution in [3.05, 3.63) is 35.9 Å². The molecule has 0 aliphatic rings. The summed E-state index contributed by atoms with van der Waals surface area (Å²) in [5.74, 6) is -0.0540. The fraction of sp³-hybridized carbons (Fsp3) is 0.400. The first kappa shape index (κ1) is 15.2. The summed E-state index contributed by atoms with van der Waals surface area (Å²) in [5, 5.41) is 21.7. The number of nitrogens with one attached hydrogen (secondary N) is 1. The van der Waals surface area contributed by atoms with Crippen molar-refractivity contribution in [1.29, 1.82) is 0 Å². The van der Waals surface area contributed by atoms with Crippen molar-refractivity contribution in [2.75, 3.05) is 6.54 Å². The molecule has 0 saturated carbocycles. The summed E-state index contributed by atoms with van der Waals surface area (Å²) in [6.45, 7) is 3.93. The monoisotopic (exact) mass is 263 g/mol. The van der Waals surface area contributed by atoms with E-state index in [4.69, 9.17) is 5.11 Å². The number of carbonyl (C=O) groups excluding carboxylic acids is 1. The van der Waals surface area contributed by atoms with E-state index in [0.29, 0.717) is 6.42 Å². The lowest BCUT2D eigenvalue weighted by Gasteiger charge is -2.22. The van der Waals surface area contributed by atoms with Crippen LogP contribution in [-0.4, -0.2) is 28.3 Å². The number of amides is 1. The Labute approximate surface area is 113 Å². The van der Waals surface area contributed by atoms with E-state index in [1.54, 1.807) is 37.3 Å². The third-order valence-corrected chi connectivity index (χ3v) is 2.75. The molecule has 1 aromatic rings. The lowest BCUT2D eigenvalue weighted by Crippen LogP contribution is -2.39. The predicted molar refractivity (Wildman–Crippen MR) is 75.7 cm³/mol. The Morgan fingerprint density at radius 1 is 1.37 bits per heavy atom. The Morgan fingerprint density at radius 3 is 2.58 bits per heavy atom.